The first kappa shape index (κ1) is 14.0. The summed E-state index contributed by atoms with van der Waals surface area (Å²) in [6, 6.07) is 5.18. The van der Waals surface area contributed by atoms with Gasteiger partial charge in [0.05, 0.1) is 0 Å². The van der Waals surface area contributed by atoms with E-state index in [9.17, 15) is 0 Å². The van der Waals surface area contributed by atoms with Gasteiger partial charge < -0.3 is 10.2 Å². The van der Waals surface area contributed by atoms with Crippen molar-refractivity contribution in [3.05, 3.63) is 22.4 Å². The summed E-state index contributed by atoms with van der Waals surface area (Å²) in [7, 11) is 2.25. The molecule has 0 saturated carbocycles. The molecule has 1 saturated heterocycles. The van der Waals surface area contributed by atoms with Crippen LogP contribution >= 0.6 is 11.3 Å². The molecule has 1 aliphatic heterocycles. The van der Waals surface area contributed by atoms with Gasteiger partial charge in [0.1, 0.15) is 0 Å². The van der Waals surface area contributed by atoms with E-state index in [2.05, 4.69) is 34.8 Å². The average molecular weight is 266 g/mol. The third kappa shape index (κ3) is 5.09. The van der Waals surface area contributed by atoms with Crippen molar-refractivity contribution in [2.45, 2.75) is 44.6 Å². The summed E-state index contributed by atoms with van der Waals surface area (Å²) in [5.74, 6) is 0. The van der Waals surface area contributed by atoms with E-state index < -0.39 is 0 Å². The van der Waals surface area contributed by atoms with Crippen LogP contribution < -0.4 is 5.32 Å². The molecule has 1 unspecified atom stereocenters. The highest BCUT2D eigenvalue weighted by molar-refractivity contribution is 7.09. The molecular formula is C15H26N2S. The lowest BCUT2D eigenvalue weighted by atomic mass is 10.0. The summed E-state index contributed by atoms with van der Waals surface area (Å²) in [4.78, 5) is 3.98. The molecule has 0 spiro atoms. The van der Waals surface area contributed by atoms with Crippen molar-refractivity contribution < 1.29 is 0 Å². The predicted molar refractivity (Wildman–Crippen MR) is 80.4 cm³/mol. The highest BCUT2D eigenvalue weighted by Crippen LogP contribution is 2.12. The largest absolute Gasteiger partial charge is 0.314 e. The fourth-order valence-corrected chi connectivity index (χ4v) is 3.34. The molecule has 0 aliphatic carbocycles. The summed E-state index contributed by atoms with van der Waals surface area (Å²) in [5, 5.41) is 5.80. The van der Waals surface area contributed by atoms with Crippen molar-refractivity contribution in [2.24, 2.45) is 0 Å². The SMILES string of the molecule is CN(CCCC1CCCCN1)CCc1cccs1. The fourth-order valence-electron chi connectivity index (χ4n) is 2.65. The zero-order valence-corrected chi connectivity index (χ0v) is 12.3. The molecule has 0 amide bonds. The van der Waals surface area contributed by atoms with Crippen molar-refractivity contribution in [1.82, 2.24) is 10.2 Å². The lowest BCUT2D eigenvalue weighted by molar-refractivity contribution is 0.306. The van der Waals surface area contributed by atoms with Crippen LogP contribution in [0.5, 0.6) is 0 Å². The topological polar surface area (TPSA) is 15.3 Å². The molecule has 1 aromatic heterocycles. The van der Waals surface area contributed by atoms with Gasteiger partial charge in [0, 0.05) is 17.5 Å². The van der Waals surface area contributed by atoms with Gasteiger partial charge in [-0.3, -0.25) is 0 Å². The van der Waals surface area contributed by atoms with Crippen molar-refractivity contribution in [1.29, 1.82) is 0 Å². The Hall–Kier alpha value is -0.380. The summed E-state index contributed by atoms with van der Waals surface area (Å²) in [6.45, 7) is 3.67. The number of likely N-dealkylation sites (N-methyl/N-ethyl adjacent to an activating group) is 1. The van der Waals surface area contributed by atoms with Gasteiger partial charge in [0.15, 0.2) is 0 Å². The van der Waals surface area contributed by atoms with Crippen LogP contribution in [-0.4, -0.2) is 37.6 Å². The van der Waals surface area contributed by atoms with E-state index in [0.717, 1.165) is 6.04 Å². The molecule has 1 fully saturated rings. The van der Waals surface area contributed by atoms with Gasteiger partial charge in [-0.15, -0.1) is 11.3 Å². The van der Waals surface area contributed by atoms with E-state index in [0.29, 0.717) is 0 Å². The highest BCUT2D eigenvalue weighted by atomic mass is 32.1. The Morgan fingerprint density at radius 3 is 3.06 bits per heavy atom. The lowest BCUT2D eigenvalue weighted by Crippen LogP contribution is -2.34. The predicted octanol–water partition coefficient (Wildman–Crippen LogP) is 3.14. The number of piperidine rings is 1. The first-order valence-corrected chi connectivity index (χ1v) is 8.17. The molecule has 2 nitrogen and oxygen atoms in total. The summed E-state index contributed by atoms with van der Waals surface area (Å²) in [6.07, 6.45) is 8.07. The molecule has 0 radical (unpaired) electrons. The monoisotopic (exact) mass is 266 g/mol. The van der Waals surface area contributed by atoms with E-state index in [4.69, 9.17) is 0 Å². The lowest BCUT2D eigenvalue weighted by Gasteiger charge is -2.24. The Kier molecular flexibility index (Phi) is 6.18. The number of rotatable bonds is 7. The van der Waals surface area contributed by atoms with Gasteiger partial charge in [0.2, 0.25) is 0 Å². The third-order valence-corrected chi connectivity index (χ3v) is 4.76. The van der Waals surface area contributed by atoms with Gasteiger partial charge in [0.25, 0.3) is 0 Å². The Morgan fingerprint density at radius 2 is 2.33 bits per heavy atom. The van der Waals surface area contributed by atoms with Crippen molar-refractivity contribution in [3.8, 4) is 0 Å². The van der Waals surface area contributed by atoms with E-state index in [1.165, 1.54) is 63.0 Å². The molecule has 102 valence electrons. The highest BCUT2D eigenvalue weighted by Gasteiger charge is 2.11. The maximum atomic E-state index is 3.63. The third-order valence-electron chi connectivity index (χ3n) is 3.82. The van der Waals surface area contributed by atoms with E-state index >= 15 is 0 Å². The molecule has 2 rings (SSSR count). The zero-order valence-electron chi connectivity index (χ0n) is 11.5. The Labute approximate surface area is 115 Å². The molecule has 0 bridgehead atoms. The molecule has 0 aromatic carbocycles. The van der Waals surface area contributed by atoms with Crippen LogP contribution in [0.25, 0.3) is 0 Å². The van der Waals surface area contributed by atoms with Gasteiger partial charge in [-0.2, -0.15) is 0 Å². The molecule has 1 atom stereocenters. The zero-order chi connectivity index (χ0) is 12.6. The first-order chi connectivity index (χ1) is 8.84. The van der Waals surface area contributed by atoms with Gasteiger partial charge in [-0.1, -0.05) is 12.5 Å². The normalized spacial score (nSPS) is 20.4. The summed E-state index contributed by atoms with van der Waals surface area (Å²) in [5.41, 5.74) is 0. The molecule has 1 aromatic rings. The Bertz CT molecular complexity index is 304. The van der Waals surface area contributed by atoms with E-state index in [1.807, 2.05) is 11.3 Å². The quantitative estimate of drug-likeness (QED) is 0.815. The molecular weight excluding hydrogens is 240 g/mol. The fraction of sp³-hybridized carbons (Fsp3) is 0.733. The van der Waals surface area contributed by atoms with Gasteiger partial charge >= 0.3 is 0 Å². The summed E-state index contributed by atoms with van der Waals surface area (Å²) < 4.78 is 0. The maximum Gasteiger partial charge on any atom is 0.00675 e. The Morgan fingerprint density at radius 1 is 1.39 bits per heavy atom. The van der Waals surface area contributed by atoms with Crippen molar-refractivity contribution in [2.75, 3.05) is 26.7 Å². The van der Waals surface area contributed by atoms with Crippen LogP contribution in [-0.2, 0) is 6.42 Å². The summed E-state index contributed by atoms with van der Waals surface area (Å²) >= 11 is 1.87. The average Bonchev–Trinajstić information content (AvgIpc) is 2.91. The minimum absolute atomic E-state index is 0.796. The number of thiophene rings is 1. The number of hydrogen-bond donors (Lipinski definition) is 1. The van der Waals surface area contributed by atoms with Crippen LogP contribution in [0.15, 0.2) is 17.5 Å². The molecule has 18 heavy (non-hydrogen) atoms. The van der Waals surface area contributed by atoms with Crippen LogP contribution in [0.2, 0.25) is 0 Å². The molecule has 1 N–H and O–H groups in total. The van der Waals surface area contributed by atoms with Crippen molar-refractivity contribution in [3.63, 3.8) is 0 Å². The van der Waals surface area contributed by atoms with Crippen LogP contribution in [0.4, 0.5) is 0 Å². The van der Waals surface area contributed by atoms with Crippen molar-refractivity contribution >= 4 is 11.3 Å². The minimum atomic E-state index is 0.796. The minimum Gasteiger partial charge on any atom is -0.314 e. The molecule has 3 heteroatoms. The molecule has 2 heterocycles. The standard InChI is InChI=1S/C15H26N2S/c1-17(12-9-15-8-5-13-18-15)11-4-7-14-6-2-3-10-16-14/h5,8,13-14,16H,2-4,6-7,9-12H2,1H3. The van der Waals surface area contributed by atoms with E-state index in [-0.39, 0.29) is 0 Å². The van der Waals surface area contributed by atoms with Crippen LogP contribution in [0.3, 0.4) is 0 Å². The number of nitrogens with one attached hydrogen (secondary N) is 1. The Balaban J connectivity index is 1.52. The first-order valence-electron chi connectivity index (χ1n) is 7.29. The van der Waals surface area contributed by atoms with E-state index in [1.54, 1.807) is 0 Å². The smallest absolute Gasteiger partial charge is 0.00675 e. The number of nitrogens with zero attached hydrogens (tertiary/aromatic N) is 1. The molecule has 1 aliphatic rings. The number of hydrogen-bond acceptors (Lipinski definition) is 3. The van der Waals surface area contributed by atoms with Gasteiger partial charge in [-0.05, 0) is 63.7 Å². The maximum absolute atomic E-state index is 3.63. The second kappa shape index (κ2) is 7.93. The van der Waals surface area contributed by atoms with Gasteiger partial charge in [-0.25, -0.2) is 0 Å². The van der Waals surface area contributed by atoms with Crippen LogP contribution in [0.1, 0.15) is 37.0 Å². The second-order valence-electron chi connectivity index (χ2n) is 5.42. The van der Waals surface area contributed by atoms with Crippen LogP contribution in [0, 0.1) is 0 Å². The second-order valence-corrected chi connectivity index (χ2v) is 6.45.